The maximum absolute atomic E-state index is 14.6. The molecule has 4 rings (SSSR count). The van der Waals surface area contributed by atoms with Crippen molar-refractivity contribution in [2.45, 2.75) is 109 Å². The Kier molecular flexibility index (Phi) is 18.1. The van der Waals surface area contributed by atoms with Gasteiger partial charge in [0.1, 0.15) is 23.2 Å². The lowest BCUT2D eigenvalue weighted by atomic mass is 9.77. The second-order valence-corrected chi connectivity index (χ2v) is 15.3. The Balaban J connectivity index is 1.74. The number of esters is 1. The minimum atomic E-state index is -1.25. The lowest BCUT2D eigenvalue weighted by Crippen LogP contribution is -2.53. The fourth-order valence-electron chi connectivity index (χ4n) is 6.38. The van der Waals surface area contributed by atoms with Crippen LogP contribution in [0.1, 0.15) is 114 Å². The average Bonchev–Trinajstić information content (AvgIpc) is 3.73. The maximum Gasteiger partial charge on any atom is 0.408 e. The van der Waals surface area contributed by atoms with Gasteiger partial charge in [-0.05, 0) is 57.2 Å². The Hall–Kier alpha value is -5.80. The summed E-state index contributed by atoms with van der Waals surface area (Å²) in [5.41, 5.74) is 0.401. The molecular weight excluding hydrogens is 769 g/mol. The Labute approximate surface area is 352 Å². The molecule has 4 atom stereocenters. The lowest BCUT2D eigenvalue weighted by Gasteiger charge is -2.37. The smallest absolute Gasteiger partial charge is 0.408 e. The molecule has 15 heteroatoms. The van der Waals surface area contributed by atoms with E-state index < -0.39 is 65.8 Å². The van der Waals surface area contributed by atoms with Crippen molar-refractivity contribution in [1.82, 2.24) is 31.4 Å². The second kappa shape index (κ2) is 23.1. The van der Waals surface area contributed by atoms with Crippen LogP contribution in [-0.2, 0) is 34.1 Å². The van der Waals surface area contributed by atoms with Gasteiger partial charge in [0.2, 0.25) is 11.8 Å². The molecule has 4 N–H and O–H groups in total. The van der Waals surface area contributed by atoms with Gasteiger partial charge in [-0.2, -0.15) is 4.98 Å². The van der Waals surface area contributed by atoms with E-state index in [-0.39, 0.29) is 18.3 Å². The molecule has 0 bridgehead atoms. The normalized spacial score (nSPS) is 13.6. The number of alkyl carbamates (subject to hydrolysis) is 1. The van der Waals surface area contributed by atoms with Gasteiger partial charge in [0, 0.05) is 13.2 Å². The maximum atomic E-state index is 14.6. The highest BCUT2D eigenvalue weighted by atomic mass is 16.6. The number of ether oxygens (including phenoxy) is 4. The first kappa shape index (κ1) is 46.9. The summed E-state index contributed by atoms with van der Waals surface area (Å²) in [6.07, 6.45) is 1.44. The van der Waals surface area contributed by atoms with E-state index in [1.807, 2.05) is 105 Å². The number of carbonyl (C=O) groups excluding carboxylic acids is 4. The third kappa shape index (κ3) is 13.6. The number of nitrogens with zero attached hydrogens (tertiary/aromatic N) is 2. The van der Waals surface area contributed by atoms with Crippen LogP contribution in [0.25, 0.3) is 0 Å². The summed E-state index contributed by atoms with van der Waals surface area (Å²) in [5.74, 6) is -1.34. The van der Waals surface area contributed by atoms with Gasteiger partial charge in [0.25, 0.3) is 0 Å². The first-order valence-electron chi connectivity index (χ1n) is 20.5. The molecule has 1 unspecified atom stereocenters. The molecule has 0 aliphatic carbocycles. The Morgan fingerprint density at radius 3 is 1.82 bits per heavy atom. The number of carbonyl (C=O) groups is 4. The number of methoxy groups -OCH3 is 1. The molecule has 0 saturated carbocycles. The molecule has 3 aromatic carbocycles. The summed E-state index contributed by atoms with van der Waals surface area (Å²) >= 11 is 0. The van der Waals surface area contributed by atoms with Crippen molar-refractivity contribution >= 4 is 24.0 Å². The van der Waals surface area contributed by atoms with Crippen LogP contribution in [0.5, 0.6) is 0 Å². The predicted molar refractivity (Wildman–Crippen MR) is 225 cm³/mol. The first-order chi connectivity index (χ1) is 28.8. The number of nitrogens with one attached hydrogen (secondary N) is 4. The van der Waals surface area contributed by atoms with E-state index in [1.54, 1.807) is 27.7 Å². The number of aromatic nitrogens is 2. The Bertz CT molecular complexity index is 1820. The van der Waals surface area contributed by atoms with Crippen molar-refractivity contribution in [2.75, 3.05) is 26.9 Å². The number of unbranched alkanes of at least 4 members (excludes halogenated alkanes) is 2. The van der Waals surface area contributed by atoms with Crippen molar-refractivity contribution in [3.05, 3.63) is 119 Å². The first-order valence-corrected chi connectivity index (χ1v) is 20.5. The average molecular weight is 829 g/mol. The zero-order chi connectivity index (χ0) is 43.5. The molecule has 0 radical (unpaired) electrons. The van der Waals surface area contributed by atoms with Crippen LogP contribution < -0.4 is 21.3 Å². The Morgan fingerprint density at radius 2 is 1.30 bits per heavy atom. The molecule has 4 amide bonds. The fraction of sp³-hybridized carbons (Fsp3) is 0.467. The molecule has 0 saturated heterocycles. The van der Waals surface area contributed by atoms with E-state index in [4.69, 9.17) is 23.5 Å². The molecule has 0 spiro atoms. The van der Waals surface area contributed by atoms with Crippen molar-refractivity contribution in [1.29, 1.82) is 0 Å². The van der Waals surface area contributed by atoms with Gasteiger partial charge in [-0.3, -0.25) is 4.79 Å². The standard InChI is InChI=1S/C45H60N6O9/c1-8-10-27-57-30-36(47-43(55)59-44(4,5)6)39-49-40(60-51-39)35(46-42(54)48-38(41(53)56-7)31(3)58-28-11-9-2)29-37(52)50-45(32-21-15-12-16-22-32,33-23-17-13-18-24-33)34-25-19-14-20-26-34/h12-26,31,35-36,38H,8-11,27-30H2,1-7H3,(H,47,55)(H,50,52)(H2,46,48,54)/t31?,35-,36-,38-/m0/s1. The van der Waals surface area contributed by atoms with Crippen LogP contribution in [0.2, 0.25) is 0 Å². The summed E-state index contributed by atoms with van der Waals surface area (Å²) in [5, 5.41) is 15.6. The molecule has 4 aromatic rings. The number of hydrogen-bond acceptors (Lipinski definition) is 11. The van der Waals surface area contributed by atoms with Crippen molar-refractivity contribution < 1.29 is 42.6 Å². The van der Waals surface area contributed by atoms with Crippen molar-refractivity contribution in [3.8, 4) is 0 Å². The quantitative estimate of drug-likeness (QED) is 0.0361. The summed E-state index contributed by atoms with van der Waals surface area (Å²) < 4.78 is 27.9. The second-order valence-electron chi connectivity index (χ2n) is 15.3. The SMILES string of the molecule is CCCCOC[C@H](NC(=O)OC(C)(C)C)c1noc([C@H](CC(=O)NC(c2ccccc2)(c2ccccc2)c2ccccc2)NC(=O)N[C@H](C(=O)OC)C(C)OCCCC)n1. The molecular formula is C45H60N6O9. The van der Waals surface area contributed by atoms with Gasteiger partial charge in [-0.25, -0.2) is 14.4 Å². The number of urea groups is 1. The monoisotopic (exact) mass is 828 g/mol. The van der Waals surface area contributed by atoms with E-state index in [2.05, 4.69) is 31.4 Å². The molecule has 15 nitrogen and oxygen atoms in total. The summed E-state index contributed by atoms with van der Waals surface area (Å²) in [7, 11) is 1.22. The van der Waals surface area contributed by atoms with Crippen LogP contribution in [0.3, 0.4) is 0 Å². The molecule has 0 fully saturated rings. The lowest BCUT2D eigenvalue weighted by molar-refractivity contribution is -0.146. The summed E-state index contributed by atoms with van der Waals surface area (Å²) in [6, 6.07) is 24.5. The van der Waals surface area contributed by atoms with Crippen molar-refractivity contribution in [2.24, 2.45) is 0 Å². The third-order valence-corrected chi connectivity index (χ3v) is 9.42. The van der Waals surface area contributed by atoms with Crippen LogP contribution in [0, 0.1) is 0 Å². The summed E-state index contributed by atoms with van der Waals surface area (Å²) in [6.45, 7) is 11.7. The largest absolute Gasteiger partial charge is 0.467 e. The van der Waals surface area contributed by atoms with Crippen LogP contribution in [-0.4, -0.2) is 78.8 Å². The van der Waals surface area contributed by atoms with E-state index >= 15 is 0 Å². The minimum Gasteiger partial charge on any atom is -0.467 e. The molecule has 324 valence electrons. The van der Waals surface area contributed by atoms with E-state index in [9.17, 15) is 19.2 Å². The van der Waals surface area contributed by atoms with E-state index in [0.717, 1.165) is 42.4 Å². The van der Waals surface area contributed by atoms with Gasteiger partial charge in [0.15, 0.2) is 11.9 Å². The van der Waals surface area contributed by atoms with E-state index in [0.29, 0.717) is 13.2 Å². The number of hydrogen-bond donors (Lipinski definition) is 4. The highest BCUT2D eigenvalue weighted by Gasteiger charge is 2.39. The minimum absolute atomic E-state index is 0.0121. The summed E-state index contributed by atoms with van der Waals surface area (Å²) in [4.78, 5) is 58.9. The van der Waals surface area contributed by atoms with Crippen LogP contribution >= 0.6 is 0 Å². The molecule has 60 heavy (non-hydrogen) atoms. The Morgan fingerprint density at radius 1 is 0.750 bits per heavy atom. The predicted octanol–water partition coefficient (Wildman–Crippen LogP) is 7.04. The highest BCUT2D eigenvalue weighted by Crippen LogP contribution is 2.37. The van der Waals surface area contributed by atoms with Gasteiger partial charge < -0.3 is 44.7 Å². The molecule has 0 aliphatic rings. The number of rotatable bonds is 22. The zero-order valence-electron chi connectivity index (χ0n) is 35.7. The van der Waals surface area contributed by atoms with Crippen LogP contribution in [0.15, 0.2) is 95.5 Å². The third-order valence-electron chi connectivity index (χ3n) is 9.42. The van der Waals surface area contributed by atoms with Crippen LogP contribution in [0.4, 0.5) is 9.59 Å². The van der Waals surface area contributed by atoms with Crippen molar-refractivity contribution in [3.63, 3.8) is 0 Å². The van der Waals surface area contributed by atoms with Gasteiger partial charge in [0.05, 0.1) is 26.2 Å². The zero-order valence-corrected chi connectivity index (χ0v) is 35.7. The number of amides is 4. The number of benzene rings is 3. The fourth-order valence-corrected chi connectivity index (χ4v) is 6.38. The molecule has 0 aliphatic heterocycles. The van der Waals surface area contributed by atoms with Gasteiger partial charge >= 0.3 is 18.1 Å². The van der Waals surface area contributed by atoms with Gasteiger partial charge in [-0.1, -0.05) is 123 Å². The molecule has 1 heterocycles. The highest BCUT2D eigenvalue weighted by molar-refractivity contribution is 5.85. The molecule has 1 aromatic heterocycles. The topological polar surface area (TPSA) is 192 Å². The van der Waals surface area contributed by atoms with E-state index in [1.165, 1.54) is 7.11 Å². The van der Waals surface area contributed by atoms with Gasteiger partial charge in [-0.15, -0.1) is 0 Å².